The number of hydrogen-bond donors (Lipinski definition) is 27. The molecule has 7 heterocycles. The van der Waals surface area contributed by atoms with Crippen LogP contribution in [0.5, 0.6) is 0 Å². The van der Waals surface area contributed by atoms with E-state index in [-0.39, 0.29) is 29.6 Å². The quantitative estimate of drug-likeness (QED) is 0.0257. The normalized spacial score (nSPS) is 53.9. The number of carbonyl (C=O) groups is 2. The zero-order valence-corrected chi connectivity index (χ0v) is 69.6. The van der Waals surface area contributed by atoms with Gasteiger partial charge in [-0.1, -0.05) is 39.8 Å². The Morgan fingerprint density at radius 2 is 0.584 bits per heavy atom. The smallest absolute Gasteiger partial charge is 0.317 e. The zero-order chi connectivity index (χ0) is 90.8. The van der Waals surface area contributed by atoms with Crippen LogP contribution in [0.2, 0.25) is 0 Å². The van der Waals surface area contributed by atoms with Crippen LogP contribution in [0.25, 0.3) is 0 Å². The Morgan fingerprint density at radius 1 is 0.312 bits per heavy atom. The van der Waals surface area contributed by atoms with E-state index < -0.39 is 331 Å². The van der Waals surface area contributed by atoms with Crippen LogP contribution in [0.4, 0.5) is 0 Å². The molecule has 15 rings (SSSR count). The number of aliphatic hydroxyl groups excluding tert-OH is 27. The highest BCUT2D eigenvalue weighted by Gasteiger charge is 2.74. The molecule has 2 spiro atoms. The van der Waals surface area contributed by atoms with Gasteiger partial charge in [-0.2, -0.15) is 0 Å². The van der Waals surface area contributed by atoms with E-state index in [1.165, 1.54) is 0 Å². The highest BCUT2D eigenvalue weighted by Crippen LogP contribution is 2.76. The van der Waals surface area contributed by atoms with Gasteiger partial charge in [-0.3, -0.25) is 9.59 Å². The van der Waals surface area contributed by atoms with Crippen LogP contribution in [0.15, 0.2) is 24.3 Å². The Hall–Kier alpha value is -3.14. The summed E-state index contributed by atoms with van der Waals surface area (Å²) in [6.45, 7) is 6.68. The van der Waals surface area contributed by atoms with E-state index in [9.17, 15) is 147 Å². The van der Waals surface area contributed by atoms with Crippen LogP contribution in [0.1, 0.15) is 129 Å². The van der Waals surface area contributed by atoms with E-state index in [4.69, 9.17) is 66.3 Å². The molecular formula is C82H130O43. The molecular weight excluding hydrogens is 1670 g/mol. The van der Waals surface area contributed by atoms with Gasteiger partial charge in [0.25, 0.3) is 0 Å². The third-order valence-corrected chi connectivity index (χ3v) is 32.1. The van der Waals surface area contributed by atoms with Crippen LogP contribution in [-0.2, 0) is 75.9 Å². The molecule has 4 bridgehead atoms. The van der Waals surface area contributed by atoms with Gasteiger partial charge in [-0.25, -0.2) is 0 Å². The van der Waals surface area contributed by atoms with Gasteiger partial charge in [0.2, 0.25) is 12.6 Å². The second kappa shape index (κ2) is 37.6. The molecule has 8 saturated carbocycles. The number of rotatable bonds is 23. The average Bonchev–Trinajstić information content (AvgIpc) is 1.61. The molecule has 0 aromatic heterocycles. The molecule has 7 saturated heterocycles. The Balaban J connectivity index is 0.000000206. The van der Waals surface area contributed by atoms with E-state index >= 15 is 0 Å². The number of hydrogen-bond acceptors (Lipinski definition) is 43. The lowest BCUT2D eigenvalue weighted by molar-refractivity contribution is -0.400. The summed E-state index contributed by atoms with van der Waals surface area (Å²) in [7, 11) is 0. The van der Waals surface area contributed by atoms with Gasteiger partial charge in [0, 0.05) is 0 Å². The first-order chi connectivity index (χ1) is 59.1. The Morgan fingerprint density at radius 3 is 0.912 bits per heavy atom. The first kappa shape index (κ1) is 97.9. The summed E-state index contributed by atoms with van der Waals surface area (Å²) in [5.74, 6) is -2.52. The molecule has 7 aliphatic heterocycles. The van der Waals surface area contributed by atoms with E-state index in [2.05, 4.69) is 27.0 Å². The predicted octanol–water partition coefficient (Wildman–Crippen LogP) is -10.1. The van der Waals surface area contributed by atoms with E-state index in [1.54, 1.807) is 0 Å². The molecule has 0 aromatic rings. The van der Waals surface area contributed by atoms with Crippen molar-refractivity contribution in [2.75, 3.05) is 59.5 Å². The average molecular weight is 1800 g/mol. The molecule has 716 valence electrons. The lowest BCUT2D eigenvalue weighted by Crippen LogP contribution is -2.68. The lowest BCUT2D eigenvalue weighted by atomic mass is 9.40. The van der Waals surface area contributed by atoms with Crippen LogP contribution >= 0.6 is 0 Å². The van der Waals surface area contributed by atoms with Crippen molar-refractivity contribution < 1.29 is 214 Å². The van der Waals surface area contributed by atoms with Crippen molar-refractivity contribution in [1.29, 1.82) is 0 Å². The van der Waals surface area contributed by atoms with Gasteiger partial charge < -0.3 is 204 Å². The molecule has 0 aromatic carbocycles. The minimum Gasteiger partial charge on any atom is -0.432 e. The zero-order valence-electron chi connectivity index (χ0n) is 69.6. The summed E-state index contributed by atoms with van der Waals surface area (Å²) < 4.78 is 83.4. The first-order valence-corrected chi connectivity index (χ1v) is 43.6. The van der Waals surface area contributed by atoms with E-state index in [0.717, 1.165) is 12.0 Å². The standard InChI is InChI=1S/C44H70O24.C38H60O19/c1-17-10-42-8-4-23-41(2,6-3-7-43(23,16-49)40(60)67-38-33(59)30(56)26(52)20(13-47)63-38)22(42)5-9-44(17,15-42)68-39-35(66-37-32(58)29(55)25(51)19(12-46)62-37)34(27(53)21(14-48)64-39)65-36-31(57)28(54)24(50)18(11-45)61-36;1-16-10-36-8-4-21-35(2,6-3-7-37(21,15-42)34(51)56-32-29(50)26(47)23(44)18(12-40)53-32)20(36)5-9-38(16,14-36)57-33-30(27(48)24(45)19(13-41)54-33)55-31-28(49)25(46)22(43)17(11-39)52-31/h18-39,45-59H,1,3-16H2,2H3;17-33,39-50H,1,3-15H2,2H3/t18?,19?,20?,21?,22-,23-,24?,25?,26?,27?,28?,29?,30?,31?,32?,33?,34?,35?,36?,37?,38?,39?,41-,42+,43-,44?;17?,18?,19?,20-,21-,22?,23?,24?,25?,26?,27?,28?,29?,30?,31?,32?,33?,35-,36+,37-,38?/m00/s1. The number of esters is 2. The van der Waals surface area contributed by atoms with Gasteiger partial charge in [-0.15, -0.1) is 0 Å². The minimum atomic E-state index is -1.97. The number of ether oxygens (including phenoxy) is 14. The minimum absolute atomic E-state index is 0.0112. The maximum atomic E-state index is 14.4. The topological polar surface area (TPSA) is 710 Å². The first-order valence-electron chi connectivity index (χ1n) is 43.6. The summed E-state index contributed by atoms with van der Waals surface area (Å²) >= 11 is 0. The van der Waals surface area contributed by atoms with Crippen molar-refractivity contribution in [2.24, 2.45) is 56.2 Å². The summed E-state index contributed by atoms with van der Waals surface area (Å²) in [5.41, 5.74) is -5.61. The molecule has 0 amide bonds. The Bertz CT molecular complexity index is 3700. The molecule has 37 unspecified atom stereocenters. The SMILES string of the molecule is C=C1C[C@@]23CC[C@@H]4[C@](CO)(C(=O)OC5OC(CO)C(O)C(O)C5O)CCC[C@@]4(C)[C@@H]2CCC1(OC1OC(CO)C(O)C(O)C1OC1OC(CO)C(O)C(O)C1O)C3.C=C1C[C@@]23CC[C@@H]4[C@](CO)(C(=O)OC5OC(CO)C(O)C(O)C5O)CCC[C@@]4(C)[C@@H]2CCC1(OC1OC(CO)C(O)C(OC2OC(CO)C(O)C(O)C2O)C1OC1OC(CO)C(O)C(O)C1O)C3. The summed E-state index contributed by atoms with van der Waals surface area (Å²) in [6, 6.07) is 0. The maximum absolute atomic E-state index is 14.4. The summed E-state index contributed by atoms with van der Waals surface area (Å²) in [5, 5.41) is 284. The van der Waals surface area contributed by atoms with Crippen LogP contribution in [0, 0.1) is 56.2 Å². The van der Waals surface area contributed by atoms with Gasteiger partial charge in [0.05, 0.1) is 81.5 Å². The number of carbonyl (C=O) groups excluding carboxylic acids is 2. The fraction of sp³-hybridized carbons (Fsp3) is 0.927. The lowest BCUT2D eigenvalue weighted by Gasteiger charge is -2.64. The molecule has 43 heteroatoms. The van der Waals surface area contributed by atoms with Crippen LogP contribution in [-0.4, -0.2) is 435 Å². The molecule has 0 radical (unpaired) electrons. The fourth-order valence-electron chi connectivity index (χ4n) is 25.6. The van der Waals surface area contributed by atoms with Gasteiger partial charge in [0.15, 0.2) is 31.5 Å². The van der Waals surface area contributed by atoms with Crippen molar-refractivity contribution in [3.05, 3.63) is 24.3 Å². The molecule has 27 N–H and O–H groups in total. The molecule has 8 aliphatic carbocycles. The van der Waals surface area contributed by atoms with Gasteiger partial charge in [0.1, 0.15) is 171 Å². The van der Waals surface area contributed by atoms with Crippen molar-refractivity contribution in [1.82, 2.24) is 0 Å². The van der Waals surface area contributed by atoms with Gasteiger partial charge in [-0.05, 0) is 159 Å². The van der Waals surface area contributed by atoms with Crippen LogP contribution < -0.4 is 0 Å². The molecule has 47 atom stereocenters. The van der Waals surface area contributed by atoms with Crippen molar-refractivity contribution >= 4 is 11.9 Å². The largest absolute Gasteiger partial charge is 0.432 e. The Labute approximate surface area is 718 Å². The van der Waals surface area contributed by atoms with Gasteiger partial charge >= 0.3 is 11.9 Å². The van der Waals surface area contributed by atoms with E-state index in [1.807, 2.05) is 0 Å². The third-order valence-electron chi connectivity index (χ3n) is 32.1. The van der Waals surface area contributed by atoms with Crippen molar-refractivity contribution in [3.8, 4) is 0 Å². The third kappa shape index (κ3) is 16.6. The fourth-order valence-corrected chi connectivity index (χ4v) is 25.6. The van der Waals surface area contributed by atoms with Crippen molar-refractivity contribution in [3.63, 3.8) is 0 Å². The second-order valence-corrected chi connectivity index (χ2v) is 38.6. The van der Waals surface area contributed by atoms with Crippen LogP contribution in [0.3, 0.4) is 0 Å². The molecule has 15 fully saturated rings. The second-order valence-electron chi connectivity index (χ2n) is 38.6. The highest BCUT2D eigenvalue weighted by molar-refractivity contribution is 5.79. The predicted molar refractivity (Wildman–Crippen MR) is 408 cm³/mol. The molecule has 125 heavy (non-hydrogen) atoms. The Kier molecular flexibility index (Phi) is 29.4. The highest BCUT2D eigenvalue weighted by atomic mass is 16.8. The van der Waals surface area contributed by atoms with E-state index in [0.29, 0.717) is 108 Å². The monoisotopic (exact) mass is 1800 g/mol. The molecule has 15 aliphatic rings. The number of aliphatic hydroxyl groups is 27. The maximum Gasteiger partial charge on any atom is 0.317 e. The van der Waals surface area contributed by atoms with Crippen molar-refractivity contribution in [2.45, 2.75) is 356 Å². The summed E-state index contributed by atoms with van der Waals surface area (Å²) in [6.07, 6.45) is -50.2. The molecule has 43 nitrogen and oxygen atoms in total. The summed E-state index contributed by atoms with van der Waals surface area (Å²) in [4.78, 5) is 28.5. The number of fused-ring (bicyclic) bond motifs is 6.